The molecule has 2 saturated heterocycles. The van der Waals surface area contributed by atoms with Gasteiger partial charge in [0.1, 0.15) is 0 Å². The maximum absolute atomic E-state index is 12.8. The zero-order chi connectivity index (χ0) is 18.0. The summed E-state index contributed by atoms with van der Waals surface area (Å²) in [5, 5.41) is 3.31. The van der Waals surface area contributed by atoms with Gasteiger partial charge in [-0.2, -0.15) is 4.31 Å². The van der Waals surface area contributed by atoms with Gasteiger partial charge in [0.25, 0.3) is 5.91 Å². The van der Waals surface area contributed by atoms with E-state index in [0.717, 1.165) is 25.8 Å². The molecule has 25 heavy (non-hydrogen) atoms. The predicted molar refractivity (Wildman–Crippen MR) is 97.0 cm³/mol. The van der Waals surface area contributed by atoms with Crippen LogP contribution in [0, 0.1) is 0 Å². The molecule has 2 atom stereocenters. The second-order valence-corrected chi connectivity index (χ2v) is 8.98. The van der Waals surface area contributed by atoms with Gasteiger partial charge in [0, 0.05) is 43.8 Å². The zero-order valence-corrected chi connectivity index (χ0v) is 15.8. The summed E-state index contributed by atoms with van der Waals surface area (Å²) in [5.41, 5.74) is 0.541. The molecule has 1 aromatic rings. The van der Waals surface area contributed by atoms with Crippen molar-refractivity contribution in [3.8, 4) is 0 Å². The SMILES string of the molecule is CC1CN(C(=O)c2ccc(S(=O)(=O)N3CCCCC3C)cc2)CCN1. The number of piperazine rings is 1. The Morgan fingerprint density at radius 2 is 1.84 bits per heavy atom. The number of amides is 1. The maximum atomic E-state index is 12.8. The van der Waals surface area contributed by atoms with Crippen LogP contribution in [0.2, 0.25) is 0 Å². The minimum atomic E-state index is -3.49. The molecule has 138 valence electrons. The molecule has 2 unspecified atom stereocenters. The third-order valence-corrected chi connectivity index (χ3v) is 7.13. The lowest BCUT2D eigenvalue weighted by atomic mass is 10.1. The minimum Gasteiger partial charge on any atom is -0.336 e. The van der Waals surface area contributed by atoms with Crippen molar-refractivity contribution in [3.63, 3.8) is 0 Å². The van der Waals surface area contributed by atoms with Crippen LogP contribution in [0.3, 0.4) is 0 Å². The predicted octanol–water partition coefficient (Wildman–Crippen LogP) is 1.68. The molecule has 1 aromatic carbocycles. The monoisotopic (exact) mass is 365 g/mol. The average Bonchev–Trinajstić information content (AvgIpc) is 2.61. The standard InChI is InChI=1S/C18H27N3O3S/c1-14-13-20(12-10-19-14)18(22)16-6-8-17(9-7-16)25(23,24)21-11-4-3-5-15(21)2/h6-9,14-15,19H,3-5,10-13H2,1-2H3. The molecule has 3 rings (SSSR count). The molecule has 2 heterocycles. The van der Waals surface area contributed by atoms with E-state index in [9.17, 15) is 13.2 Å². The van der Waals surface area contributed by atoms with Gasteiger partial charge < -0.3 is 10.2 Å². The Morgan fingerprint density at radius 3 is 2.48 bits per heavy atom. The first-order chi connectivity index (χ1) is 11.9. The third-order valence-electron chi connectivity index (χ3n) is 5.11. The largest absolute Gasteiger partial charge is 0.336 e. The van der Waals surface area contributed by atoms with E-state index < -0.39 is 10.0 Å². The van der Waals surface area contributed by atoms with Crippen molar-refractivity contribution in [2.24, 2.45) is 0 Å². The second-order valence-electron chi connectivity index (χ2n) is 7.09. The summed E-state index contributed by atoms with van der Waals surface area (Å²) in [7, 11) is -3.49. The fourth-order valence-electron chi connectivity index (χ4n) is 3.63. The Hall–Kier alpha value is -1.44. The third kappa shape index (κ3) is 3.88. The van der Waals surface area contributed by atoms with Crippen molar-refractivity contribution in [3.05, 3.63) is 29.8 Å². The highest BCUT2D eigenvalue weighted by Gasteiger charge is 2.31. The molecule has 2 aliphatic heterocycles. The van der Waals surface area contributed by atoms with Crippen molar-refractivity contribution < 1.29 is 13.2 Å². The number of sulfonamides is 1. The van der Waals surface area contributed by atoms with Crippen molar-refractivity contribution in [1.82, 2.24) is 14.5 Å². The van der Waals surface area contributed by atoms with E-state index in [2.05, 4.69) is 12.2 Å². The number of benzene rings is 1. The van der Waals surface area contributed by atoms with Crippen LogP contribution in [-0.2, 0) is 10.0 Å². The minimum absolute atomic E-state index is 0.0300. The summed E-state index contributed by atoms with van der Waals surface area (Å²) in [4.78, 5) is 14.7. The molecule has 6 nitrogen and oxygen atoms in total. The number of nitrogens with zero attached hydrogens (tertiary/aromatic N) is 2. The fraction of sp³-hybridized carbons (Fsp3) is 0.611. The molecule has 2 aliphatic rings. The Bertz CT molecular complexity index is 718. The van der Waals surface area contributed by atoms with E-state index >= 15 is 0 Å². The van der Waals surface area contributed by atoms with Gasteiger partial charge in [-0.05, 0) is 51.0 Å². The molecule has 0 aromatic heterocycles. The molecule has 1 N–H and O–H groups in total. The molecule has 0 radical (unpaired) electrons. The first-order valence-corrected chi connectivity index (χ1v) is 10.5. The summed E-state index contributed by atoms with van der Waals surface area (Å²) >= 11 is 0. The molecule has 0 spiro atoms. The van der Waals surface area contributed by atoms with Crippen molar-refractivity contribution in [1.29, 1.82) is 0 Å². The van der Waals surface area contributed by atoms with E-state index in [-0.39, 0.29) is 22.9 Å². The lowest BCUT2D eigenvalue weighted by Crippen LogP contribution is -2.51. The first kappa shape index (κ1) is 18.4. The topological polar surface area (TPSA) is 69.7 Å². The highest BCUT2D eigenvalue weighted by Crippen LogP contribution is 2.25. The Balaban J connectivity index is 1.76. The van der Waals surface area contributed by atoms with Crippen molar-refractivity contribution in [2.45, 2.75) is 50.1 Å². The van der Waals surface area contributed by atoms with Crippen LogP contribution < -0.4 is 5.32 Å². The normalized spacial score (nSPS) is 25.8. The lowest BCUT2D eigenvalue weighted by Gasteiger charge is -2.32. The highest BCUT2D eigenvalue weighted by molar-refractivity contribution is 7.89. The quantitative estimate of drug-likeness (QED) is 0.885. The van der Waals surface area contributed by atoms with Gasteiger partial charge in [0.05, 0.1) is 4.90 Å². The number of carbonyl (C=O) groups is 1. The van der Waals surface area contributed by atoms with Gasteiger partial charge in [0.2, 0.25) is 10.0 Å². The van der Waals surface area contributed by atoms with Gasteiger partial charge in [-0.25, -0.2) is 8.42 Å². The molecule has 7 heteroatoms. The first-order valence-electron chi connectivity index (χ1n) is 9.04. The van der Waals surface area contributed by atoms with Crippen LogP contribution in [0.1, 0.15) is 43.5 Å². The molecule has 0 aliphatic carbocycles. The number of piperidine rings is 1. The zero-order valence-electron chi connectivity index (χ0n) is 14.9. The number of hydrogen-bond donors (Lipinski definition) is 1. The van der Waals surface area contributed by atoms with E-state index in [1.807, 2.05) is 11.8 Å². The van der Waals surface area contributed by atoms with Crippen molar-refractivity contribution >= 4 is 15.9 Å². The lowest BCUT2D eigenvalue weighted by molar-refractivity contribution is 0.0709. The summed E-state index contributed by atoms with van der Waals surface area (Å²) in [6, 6.07) is 6.71. The maximum Gasteiger partial charge on any atom is 0.253 e. The van der Waals surface area contributed by atoms with E-state index in [1.165, 1.54) is 0 Å². The fourth-order valence-corrected chi connectivity index (χ4v) is 5.33. The van der Waals surface area contributed by atoms with Gasteiger partial charge in [-0.3, -0.25) is 4.79 Å². The van der Waals surface area contributed by atoms with Crippen LogP contribution >= 0.6 is 0 Å². The Kier molecular flexibility index (Phi) is 5.46. The van der Waals surface area contributed by atoms with Crippen LogP contribution in [-0.4, -0.2) is 61.8 Å². The molecule has 1 amide bonds. The van der Waals surface area contributed by atoms with Crippen LogP contribution in [0.15, 0.2) is 29.2 Å². The molecule has 0 bridgehead atoms. The Labute approximate surface area is 150 Å². The van der Waals surface area contributed by atoms with Crippen LogP contribution in [0.4, 0.5) is 0 Å². The van der Waals surface area contributed by atoms with E-state index in [0.29, 0.717) is 25.2 Å². The van der Waals surface area contributed by atoms with Crippen LogP contribution in [0.5, 0.6) is 0 Å². The summed E-state index contributed by atoms with van der Waals surface area (Å²) in [5.74, 6) is -0.0383. The number of carbonyl (C=O) groups excluding carboxylic acids is 1. The van der Waals surface area contributed by atoms with Crippen LogP contribution in [0.25, 0.3) is 0 Å². The highest BCUT2D eigenvalue weighted by atomic mass is 32.2. The van der Waals surface area contributed by atoms with Gasteiger partial charge >= 0.3 is 0 Å². The molecular formula is C18H27N3O3S. The average molecular weight is 365 g/mol. The summed E-state index contributed by atoms with van der Waals surface area (Å²) in [6.07, 6.45) is 2.88. The second kappa shape index (κ2) is 7.43. The molecule has 2 fully saturated rings. The van der Waals surface area contributed by atoms with Gasteiger partial charge in [-0.1, -0.05) is 6.42 Å². The smallest absolute Gasteiger partial charge is 0.253 e. The Morgan fingerprint density at radius 1 is 1.12 bits per heavy atom. The van der Waals surface area contributed by atoms with E-state index in [1.54, 1.807) is 28.6 Å². The summed E-state index contributed by atoms with van der Waals surface area (Å²) < 4.78 is 27.3. The van der Waals surface area contributed by atoms with Gasteiger partial charge in [-0.15, -0.1) is 0 Å². The number of nitrogens with one attached hydrogen (secondary N) is 1. The number of rotatable bonds is 3. The van der Waals surface area contributed by atoms with Gasteiger partial charge in [0.15, 0.2) is 0 Å². The summed E-state index contributed by atoms with van der Waals surface area (Å²) in [6.45, 7) is 6.71. The number of hydrogen-bond acceptors (Lipinski definition) is 4. The molecular weight excluding hydrogens is 338 g/mol. The van der Waals surface area contributed by atoms with Crippen molar-refractivity contribution in [2.75, 3.05) is 26.2 Å². The molecule has 0 saturated carbocycles. The van der Waals surface area contributed by atoms with E-state index in [4.69, 9.17) is 0 Å².